The SMILES string of the molecule is CC[C@H](NC[C@H](Cc1ccc(Br)cc1)NC(=O)c1cc(C(=O)N[C@H](C)c2ccccc2)cc(N(C)S(C)(=O)=O)c1)C(=O)NCc1ccc(N)cc1. The van der Waals surface area contributed by atoms with Crippen LogP contribution >= 0.6 is 15.9 Å². The maximum Gasteiger partial charge on any atom is 0.251 e. The molecule has 0 spiro atoms. The van der Waals surface area contributed by atoms with Gasteiger partial charge in [0.25, 0.3) is 11.8 Å². The van der Waals surface area contributed by atoms with E-state index in [2.05, 4.69) is 37.2 Å². The molecule has 13 heteroatoms. The van der Waals surface area contributed by atoms with Crippen molar-refractivity contribution in [3.05, 3.63) is 129 Å². The lowest BCUT2D eigenvalue weighted by Crippen LogP contribution is -2.50. The third kappa shape index (κ3) is 11.7. The zero-order chi connectivity index (χ0) is 37.1. The number of nitrogens with one attached hydrogen (secondary N) is 4. The number of carbonyl (C=O) groups excluding carboxylic acids is 3. The van der Waals surface area contributed by atoms with Crippen LogP contribution in [0.5, 0.6) is 0 Å². The molecule has 0 bridgehead atoms. The molecule has 0 fully saturated rings. The number of sulfonamides is 1. The highest BCUT2D eigenvalue weighted by molar-refractivity contribution is 9.10. The second-order valence-corrected chi connectivity index (χ2v) is 15.4. The topological polar surface area (TPSA) is 163 Å². The maximum atomic E-state index is 13.9. The normalized spacial score (nSPS) is 13.0. The molecule has 0 saturated heterocycles. The molecule has 0 radical (unpaired) electrons. The molecule has 11 nitrogen and oxygen atoms in total. The van der Waals surface area contributed by atoms with Crippen molar-refractivity contribution in [1.82, 2.24) is 21.3 Å². The summed E-state index contributed by atoms with van der Waals surface area (Å²) in [5.74, 6) is -1.15. The van der Waals surface area contributed by atoms with Gasteiger partial charge in [-0.3, -0.25) is 18.7 Å². The molecule has 0 heterocycles. The van der Waals surface area contributed by atoms with Gasteiger partial charge in [-0.1, -0.05) is 77.5 Å². The summed E-state index contributed by atoms with van der Waals surface area (Å²) >= 11 is 3.46. The molecule has 0 unspecified atom stereocenters. The molecule has 6 N–H and O–H groups in total. The van der Waals surface area contributed by atoms with E-state index in [1.807, 2.05) is 80.6 Å². The molecule has 0 saturated carbocycles. The zero-order valence-corrected chi connectivity index (χ0v) is 31.6. The van der Waals surface area contributed by atoms with Gasteiger partial charge in [0.1, 0.15) is 0 Å². The molecule has 4 aromatic carbocycles. The lowest BCUT2D eigenvalue weighted by Gasteiger charge is -2.24. The fourth-order valence-corrected chi connectivity index (χ4v) is 6.11. The number of nitrogens with two attached hydrogens (primary N) is 1. The van der Waals surface area contributed by atoms with Gasteiger partial charge in [-0.15, -0.1) is 0 Å². The van der Waals surface area contributed by atoms with Crippen LogP contribution in [0.25, 0.3) is 0 Å². The van der Waals surface area contributed by atoms with Crippen molar-refractivity contribution < 1.29 is 22.8 Å². The van der Waals surface area contributed by atoms with E-state index in [0.717, 1.165) is 31.7 Å². The second-order valence-electron chi connectivity index (χ2n) is 12.4. The Kier molecular flexibility index (Phi) is 13.8. The number of hydrogen-bond donors (Lipinski definition) is 5. The number of amides is 3. The number of nitrogens with zero attached hydrogens (tertiary/aromatic N) is 1. The molecule has 3 atom stereocenters. The van der Waals surface area contributed by atoms with Crippen LogP contribution in [-0.4, -0.2) is 58.1 Å². The van der Waals surface area contributed by atoms with Gasteiger partial charge in [0, 0.05) is 47.5 Å². The van der Waals surface area contributed by atoms with Gasteiger partial charge >= 0.3 is 0 Å². The fourth-order valence-electron chi connectivity index (χ4n) is 5.35. The molecule has 0 aliphatic rings. The quantitative estimate of drug-likeness (QED) is 0.101. The first-order chi connectivity index (χ1) is 24.2. The van der Waals surface area contributed by atoms with Crippen molar-refractivity contribution in [2.24, 2.45) is 0 Å². The summed E-state index contributed by atoms with van der Waals surface area (Å²) in [5, 5.41) is 12.3. The monoisotopic (exact) mass is 776 g/mol. The number of nitrogen functional groups attached to an aromatic ring is 1. The number of rotatable bonds is 16. The Labute approximate surface area is 308 Å². The molecule has 270 valence electrons. The van der Waals surface area contributed by atoms with Crippen molar-refractivity contribution >= 4 is 55.0 Å². The van der Waals surface area contributed by atoms with Crippen molar-refractivity contribution in [3.63, 3.8) is 0 Å². The van der Waals surface area contributed by atoms with Gasteiger partial charge in [-0.05, 0) is 78.9 Å². The van der Waals surface area contributed by atoms with Gasteiger partial charge in [0.15, 0.2) is 0 Å². The third-order valence-electron chi connectivity index (χ3n) is 8.46. The molecular formula is C38H45BrN6O5S. The average Bonchev–Trinajstić information content (AvgIpc) is 3.11. The molecule has 51 heavy (non-hydrogen) atoms. The Morgan fingerprint density at radius 1 is 0.843 bits per heavy atom. The molecule has 4 rings (SSSR count). The highest BCUT2D eigenvalue weighted by atomic mass is 79.9. The minimum Gasteiger partial charge on any atom is -0.399 e. The van der Waals surface area contributed by atoms with Crippen LogP contribution in [0.15, 0.2) is 102 Å². The predicted octanol–water partition coefficient (Wildman–Crippen LogP) is 4.94. The van der Waals surface area contributed by atoms with Crippen molar-refractivity contribution in [1.29, 1.82) is 0 Å². The van der Waals surface area contributed by atoms with E-state index in [4.69, 9.17) is 5.73 Å². The van der Waals surface area contributed by atoms with E-state index in [0.29, 0.717) is 25.1 Å². The summed E-state index contributed by atoms with van der Waals surface area (Å²) in [6.45, 7) is 4.34. The number of carbonyl (C=O) groups is 3. The van der Waals surface area contributed by atoms with Gasteiger partial charge in [-0.2, -0.15) is 0 Å². The minimum absolute atomic E-state index is 0.106. The minimum atomic E-state index is -3.72. The van der Waals surface area contributed by atoms with E-state index in [1.54, 1.807) is 12.1 Å². The zero-order valence-electron chi connectivity index (χ0n) is 29.2. The van der Waals surface area contributed by atoms with Gasteiger partial charge in [0.05, 0.1) is 24.0 Å². The third-order valence-corrected chi connectivity index (χ3v) is 10.2. The smallest absolute Gasteiger partial charge is 0.251 e. The number of hydrogen-bond acceptors (Lipinski definition) is 7. The maximum absolute atomic E-state index is 13.9. The predicted molar refractivity (Wildman–Crippen MR) is 206 cm³/mol. The number of halogens is 1. The molecule has 0 aromatic heterocycles. The number of benzene rings is 4. The van der Waals surface area contributed by atoms with Crippen LogP contribution < -0.4 is 31.3 Å². The first kappa shape index (κ1) is 39.1. The van der Waals surface area contributed by atoms with Crippen LogP contribution in [0.3, 0.4) is 0 Å². The summed E-state index contributed by atoms with van der Waals surface area (Å²) in [5.41, 5.74) is 9.57. The summed E-state index contributed by atoms with van der Waals surface area (Å²) < 4.78 is 27.0. The van der Waals surface area contributed by atoms with E-state index in [1.165, 1.54) is 25.2 Å². The first-order valence-electron chi connectivity index (χ1n) is 16.6. The Morgan fingerprint density at radius 2 is 1.43 bits per heavy atom. The van der Waals surface area contributed by atoms with Crippen molar-refractivity contribution in [2.75, 3.05) is 29.9 Å². The first-order valence-corrected chi connectivity index (χ1v) is 19.2. The average molecular weight is 778 g/mol. The van der Waals surface area contributed by atoms with Crippen LogP contribution in [0.2, 0.25) is 0 Å². The largest absolute Gasteiger partial charge is 0.399 e. The van der Waals surface area contributed by atoms with E-state index in [-0.39, 0.29) is 35.3 Å². The molecule has 0 aliphatic heterocycles. The summed E-state index contributed by atoms with van der Waals surface area (Å²) in [4.78, 5) is 40.6. The van der Waals surface area contributed by atoms with Crippen LogP contribution in [0.1, 0.15) is 63.7 Å². The lowest BCUT2D eigenvalue weighted by molar-refractivity contribution is -0.123. The summed E-state index contributed by atoms with van der Waals surface area (Å²) in [6, 6.07) is 27.4. The lowest BCUT2D eigenvalue weighted by atomic mass is 10.0. The Hall–Kier alpha value is -4.72. The Balaban J connectivity index is 1.56. The number of anilines is 2. The van der Waals surface area contributed by atoms with E-state index >= 15 is 0 Å². The van der Waals surface area contributed by atoms with Crippen LogP contribution in [-0.2, 0) is 27.8 Å². The molecular weight excluding hydrogens is 732 g/mol. The highest BCUT2D eigenvalue weighted by Gasteiger charge is 2.23. The van der Waals surface area contributed by atoms with Gasteiger partial charge < -0.3 is 27.0 Å². The standard InChI is InChI=1S/C38H45BrN6O5S/c1-5-35(38(48)42-23-27-13-17-32(40)18-14-27)41-24-33(19-26-11-15-31(39)16-12-26)44-37(47)30-20-29(21-34(22-30)45(3)51(4,49)50)36(46)43-25(2)28-9-7-6-8-10-28/h6-18,20-22,25,33,35,41H,5,19,23-24,40H2,1-4H3,(H,42,48)(H,43,46)(H,44,47)/t25-,33+,35+/m1/s1. The Bertz CT molecular complexity index is 1910. The Morgan fingerprint density at radius 3 is 2.02 bits per heavy atom. The fraction of sp³-hybridized carbons (Fsp3) is 0.289. The summed E-state index contributed by atoms with van der Waals surface area (Å²) in [7, 11) is -2.35. The second kappa shape index (κ2) is 18.0. The van der Waals surface area contributed by atoms with E-state index < -0.39 is 33.9 Å². The van der Waals surface area contributed by atoms with Crippen molar-refractivity contribution in [2.45, 2.75) is 51.4 Å². The molecule has 3 amide bonds. The van der Waals surface area contributed by atoms with Gasteiger partial charge in [-0.25, -0.2) is 8.42 Å². The molecule has 0 aliphatic carbocycles. The van der Waals surface area contributed by atoms with Crippen LogP contribution in [0.4, 0.5) is 11.4 Å². The van der Waals surface area contributed by atoms with E-state index in [9.17, 15) is 22.8 Å². The van der Waals surface area contributed by atoms with Crippen molar-refractivity contribution in [3.8, 4) is 0 Å². The summed E-state index contributed by atoms with van der Waals surface area (Å²) in [6.07, 6.45) is 1.99. The van der Waals surface area contributed by atoms with Crippen LogP contribution in [0, 0.1) is 0 Å². The highest BCUT2D eigenvalue weighted by Crippen LogP contribution is 2.22. The van der Waals surface area contributed by atoms with Gasteiger partial charge in [0.2, 0.25) is 15.9 Å². The molecule has 4 aromatic rings.